The van der Waals surface area contributed by atoms with Crippen molar-refractivity contribution in [2.24, 2.45) is 40.0 Å². The van der Waals surface area contributed by atoms with Crippen LogP contribution in [0.5, 0.6) is 0 Å². The number of aliphatic hydroxyl groups is 3. The number of nitrogens with zero attached hydrogens (tertiary/aromatic N) is 2. The molecule has 0 saturated carbocycles. The summed E-state index contributed by atoms with van der Waals surface area (Å²) in [5.41, 5.74) is -1.46. The summed E-state index contributed by atoms with van der Waals surface area (Å²) in [4.78, 5) is 18.1. The van der Waals surface area contributed by atoms with Crippen LogP contribution < -0.4 is 0 Å². The second kappa shape index (κ2) is 13.9. The zero-order valence-corrected chi connectivity index (χ0v) is 28.3. The van der Waals surface area contributed by atoms with E-state index >= 15 is 0 Å². The largest absolute Gasteiger partial charge is 0.633 e. The molecule has 0 bridgehead atoms. The lowest BCUT2D eigenvalue weighted by Gasteiger charge is -2.51. The van der Waals surface area contributed by atoms with E-state index in [-0.39, 0.29) is 23.9 Å². The maximum Gasteiger partial charge on any atom is 0.309 e. The number of carbonyl (C=O) groups excluding carboxylic acids is 1. The highest BCUT2D eigenvalue weighted by Crippen LogP contribution is 2.43. The summed E-state index contributed by atoms with van der Waals surface area (Å²) in [7, 11) is 4.74. The van der Waals surface area contributed by atoms with Gasteiger partial charge < -0.3 is 39.4 Å². The molecular formula is C32H60N2O8. The van der Waals surface area contributed by atoms with E-state index in [9.17, 15) is 25.3 Å². The molecule has 2 rings (SSSR count). The van der Waals surface area contributed by atoms with E-state index in [1.54, 1.807) is 7.05 Å². The first kappa shape index (κ1) is 37.0. The second-order valence-corrected chi connectivity index (χ2v) is 14.6. The van der Waals surface area contributed by atoms with Crippen LogP contribution in [-0.2, 0) is 19.0 Å². The van der Waals surface area contributed by atoms with E-state index < -0.39 is 70.2 Å². The summed E-state index contributed by atoms with van der Waals surface area (Å²) in [6.07, 6.45) is -3.69. The number of quaternary nitrogens is 1. The molecule has 2 aliphatic rings. The van der Waals surface area contributed by atoms with Crippen LogP contribution in [0.15, 0.2) is 4.99 Å². The molecule has 0 aromatic heterocycles. The molecule has 0 aromatic carbocycles. The lowest BCUT2D eigenvalue weighted by molar-refractivity contribution is -0.874. The average molecular weight is 601 g/mol. The number of cyclic esters (lactones) is 1. The Morgan fingerprint density at radius 2 is 1.62 bits per heavy atom. The average Bonchev–Trinajstić information content (AvgIpc) is 2.88. The van der Waals surface area contributed by atoms with E-state index in [0.717, 1.165) is 5.71 Å². The molecule has 2 heterocycles. The fraction of sp³-hybridized carbons (Fsp3) is 0.938. The molecule has 0 aliphatic carbocycles. The minimum Gasteiger partial charge on any atom is -0.633 e. The Morgan fingerprint density at radius 1 is 1.05 bits per heavy atom. The number of likely N-dealkylation sites (N-methyl/N-ethyl adjacent to an activating group) is 1. The van der Waals surface area contributed by atoms with Crippen LogP contribution in [0.1, 0.15) is 88.5 Å². The van der Waals surface area contributed by atoms with Crippen molar-refractivity contribution in [2.75, 3.05) is 21.1 Å². The molecule has 2 fully saturated rings. The molecule has 0 amide bonds. The SMILES string of the molecule is CC[C@H]1OC(=O)[C@H](C)[C@@H](C)[C@H](C)[C@@H](OC2O[C@H](C)C[C@H]([N+](C)(C)[O-])[C@H]2O)C(C)(C)C[C@@H](C)C(=NC)[C@H](C)[C@@H](O)[C@]1(C)O. The third-order valence-electron chi connectivity index (χ3n) is 10.3. The first-order valence-corrected chi connectivity index (χ1v) is 15.7. The zero-order chi connectivity index (χ0) is 32.5. The number of ether oxygens (including phenoxy) is 3. The molecule has 42 heavy (non-hydrogen) atoms. The van der Waals surface area contributed by atoms with Gasteiger partial charge >= 0.3 is 5.97 Å². The summed E-state index contributed by atoms with van der Waals surface area (Å²) >= 11 is 0. The Bertz CT molecular complexity index is 932. The standard InChI is InChI=1S/C32H60N2O8/c1-14-24-32(10,38)27(36)22(7)25(33-11)17(2)16-31(8,9)28(20(5)19(4)21(6)29(37)41-24)42-30-26(35)23(34(12,13)39)15-18(3)40-30/h17-24,26-28,30,35-36,38H,14-16H2,1-13H3/t17-,18-,19+,20+,21-,22+,23+,24-,26-,27-,28-,30?,32-/m1/s1. The van der Waals surface area contributed by atoms with Crippen LogP contribution in [-0.4, -0.2) is 101 Å². The Hall–Kier alpha value is -1.14. The molecule has 0 spiro atoms. The van der Waals surface area contributed by atoms with Crippen LogP contribution in [0.3, 0.4) is 0 Å². The van der Waals surface area contributed by atoms with E-state index in [2.05, 4.69) is 25.8 Å². The van der Waals surface area contributed by atoms with Crippen molar-refractivity contribution >= 4 is 11.7 Å². The number of esters is 1. The van der Waals surface area contributed by atoms with E-state index in [1.165, 1.54) is 21.0 Å². The second-order valence-electron chi connectivity index (χ2n) is 14.6. The van der Waals surface area contributed by atoms with Crippen molar-refractivity contribution in [3.05, 3.63) is 5.21 Å². The predicted molar refractivity (Wildman–Crippen MR) is 163 cm³/mol. The van der Waals surface area contributed by atoms with Crippen molar-refractivity contribution in [1.82, 2.24) is 0 Å². The lowest BCUT2D eigenvalue weighted by Crippen LogP contribution is -2.61. The van der Waals surface area contributed by atoms with Gasteiger partial charge in [-0.2, -0.15) is 0 Å². The number of aliphatic imine (C=N–C) groups is 1. The molecule has 2 saturated heterocycles. The molecule has 10 heteroatoms. The third kappa shape index (κ3) is 7.92. The van der Waals surface area contributed by atoms with Gasteiger partial charge in [0.15, 0.2) is 12.4 Å². The number of hydrogen-bond acceptors (Lipinski definition) is 9. The van der Waals surface area contributed by atoms with Gasteiger partial charge in [-0.25, -0.2) is 0 Å². The maximum atomic E-state index is 13.5. The normalized spacial score (nSPS) is 45.7. The van der Waals surface area contributed by atoms with Gasteiger partial charge in [0.1, 0.15) is 17.7 Å². The van der Waals surface area contributed by atoms with Crippen LogP contribution in [0.25, 0.3) is 0 Å². The van der Waals surface area contributed by atoms with E-state index in [0.29, 0.717) is 19.3 Å². The van der Waals surface area contributed by atoms with Crippen molar-refractivity contribution in [3.63, 3.8) is 0 Å². The predicted octanol–water partition coefficient (Wildman–Crippen LogP) is 3.93. The van der Waals surface area contributed by atoms with Crippen molar-refractivity contribution in [2.45, 2.75) is 137 Å². The molecular weight excluding hydrogens is 540 g/mol. The van der Waals surface area contributed by atoms with Crippen LogP contribution in [0.4, 0.5) is 0 Å². The van der Waals surface area contributed by atoms with Gasteiger partial charge in [-0.1, -0.05) is 55.4 Å². The fourth-order valence-corrected chi connectivity index (χ4v) is 7.47. The summed E-state index contributed by atoms with van der Waals surface area (Å²) in [5, 5.41) is 47.1. The molecule has 0 aromatic rings. The van der Waals surface area contributed by atoms with Gasteiger partial charge in [0.2, 0.25) is 0 Å². The van der Waals surface area contributed by atoms with Crippen LogP contribution in [0, 0.1) is 40.2 Å². The first-order valence-electron chi connectivity index (χ1n) is 15.7. The Labute approximate surface area is 254 Å². The Balaban J connectivity index is 2.61. The van der Waals surface area contributed by atoms with E-state index in [4.69, 9.17) is 14.2 Å². The Kier molecular flexibility index (Phi) is 12.2. The van der Waals surface area contributed by atoms with Gasteiger partial charge in [0.05, 0.1) is 38.3 Å². The summed E-state index contributed by atoms with van der Waals surface area (Å²) < 4.78 is 18.1. The minimum atomic E-state index is -1.69. The van der Waals surface area contributed by atoms with Crippen molar-refractivity contribution in [1.29, 1.82) is 0 Å². The quantitative estimate of drug-likeness (QED) is 0.251. The number of rotatable bonds is 4. The molecule has 3 N–H and O–H groups in total. The van der Waals surface area contributed by atoms with Crippen molar-refractivity contribution in [3.8, 4) is 0 Å². The highest BCUT2D eigenvalue weighted by Gasteiger charge is 2.50. The van der Waals surface area contributed by atoms with Crippen LogP contribution in [0.2, 0.25) is 0 Å². The van der Waals surface area contributed by atoms with Gasteiger partial charge in [-0.05, 0) is 49.9 Å². The molecule has 13 atom stereocenters. The summed E-state index contributed by atoms with van der Waals surface area (Å²) in [5.74, 6) is -2.02. The number of hydrogen-bond donors (Lipinski definition) is 3. The zero-order valence-electron chi connectivity index (χ0n) is 28.3. The minimum absolute atomic E-state index is 0.0943. The Morgan fingerprint density at radius 3 is 2.12 bits per heavy atom. The van der Waals surface area contributed by atoms with Gasteiger partial charge in [-0.15, -0.1) is 0 Å². The smallest absolute Gasteiger partial charge is 0.309 e. The number of hydroxylamine groups is 3. The summed E-state index contributed by atoms with van der Waals surface area (Å²) in [6.45, 7) is 19.1. The van der Waals surface area contributed by atoms with Crippen molar-refractivity contribution < 1.29 is 39.0 Å². The van der Waals surface area contributed by atoms with Crippen LogP contribution >= 0.6 is 0 Å². The number of carbonyl (C=O) groups is 1. The lowest BCUT2D eigenvalue weighted by atomic mass is 9.67. The first-order chi connectivity index (χ1) is 19.1. The fourth-order valence-electron chi connectivity index (χ4n) is 7.47. The third-order valence-corrected chi connectivity index (χ3v) is 10.3. The highest BCUT2D eigenvalue weighted by molar-refractivity contribution is 5.89. The topological polar surface area (TPSA) is 141 Å². The van der Waals surface area contributed by atoms with Gasteiger partial charge in [-0.3, -0.25) is 9.79 Å². The van der Waals surface area contributed by atoms with Gasteiger partial charge in [0.25, 0.3) is 0 Å². The van der Waals surface area contributed by atoms with E-state index in [1.807, 2.05) is 41.5 Å². The molecule has 2 aliphatic heterocycles. The highest BCUT2D eigenvalue weighted by atomic mass is 16.7. The maximum absolute atomic E-state index is 13.5. The molecule has 246 valence electrons. The molecule has 0 radical (unpaired) electrons. The molecule has 10 nitrogen and oxygen atoms in total. The molecule has 1 unspecified atom stereocenters. The monoisotopic (exact) mass is 600 g/mol. The summed E-state index contributed by atoms with van der Waals surface area (Å²) in [6, 6.07) is -0.610. The van der Waals surface area contributed by atoms with Gasteiger partial charge in [0, 0.05) is 25.1 Å². The number of aliphatic hydroxyl groups excluding tert-OH is 2.